The maximum absolute atomic E-state index is 10.6. The van der Waals surface area contributed by atoms with Gasteiger partial charge in [-0.15, -0.1) is 0 Å². The number of carboxylic acids is 4. The molecule has 4 N–H and O–H groups in total. The molecule has 0 atom stereocenters. The molecule has 10 nitrogen and oxygen atoms in total. The van der Waals surface area contributed by atoms with E-state index in [1.807, 2.05) is 0 Å². The predicted octanol–water partition coefficient (Wildman–Crippen LogP) is -2.08. The molecule has 0 bridgehead atoms. The van der Waals surface area contributed by atoms with Crippen LogP contribution in [0.4, 0.5) is 0 Å². The quantitative estimate of drug-likeness (QED) is 0.279. The Morgan fingerprint density at radius 1 is 0.591 bits per heavy atom. The Kier molecular flexibility index (Phi) is 15.7. The molecule has 0 aliphatic rings. The third kappa shape index (κ3) is 15.2. The summed E-state index contributed by atoms with van der Waals surface area (Å²) in [5.74, 6) is -4.91. The van der Waals surface area contributed by atoms with Gasteiger partial charge >= 0.3 is 23.9 Å². The van der Waals surface area contributed by atoms with Gasteiger partial charge in [0.15, 0.2) is 0 Å². The van der Waals surface area contributed by atoms with Crippen molar-refractivity contribution in [3.63, 3.8) is 0 Å². The number of carbonyl (C=O) groups is 4. The van der Waals surface area contributed by atoms with Crippen LogP contribution in [0.15, 0.2) is 0 Å². The molecule has 0 aromatic heterocycles. The molecule has 0 spiro atoms. The first-order chi connectivity index (χ1) is 9.20. The normalized spacial score (nSPS) is 9.73. The Hall–Kier alpha value is -1.20. The van der Waals surface area contributed by atoms with E-state index < -0.39 is 50.1 Å². The van der Waals surface area contributed by atoms with Crippen LogP contribution in [0.3, 0.4) is 0 Å². The van der Waals surface area contributed by atoms with Crippen LogP contribution in [-0.2, 0) is 52.4 Å². The van der Waals surface area contributed by atoms with Crippen LogP contribution < -0.4 is 0 Å². The zero-order chi connectivity index (χ0) is 15.7. The average Bonchev–Trinajstić information content (AvgIpc) is 2.22. The zero-order valence-corrected chi connectivity index (χ0v) is 13.2. The monoisotopic (exact) mass is 409 g/mol. The second-order valence-corrected chi connectivity index (χ2v) is 4.00. The van der Waals surface area contributed by atoms with Crippen LogP contribution in [0, 0.1) is 0 Å². The molecule has 133 valence electrons. The second-order valence-electron chi connectivity index (χ2n) is 4.00. The Labute approximate surface area is 146 Å². The van der Waals surface area contributed by atoms with E-state index in [2.05, 4.69) is 0 Å². The van der Waals surface area contributed by atoms with Crippen LogP contribution >= 0.6 is 0 Å². The van der Waals surface area contributed by atoms with Gasteiger partial charge < -0.3 is 20.4 Å². The van der Waals surface area contributed by atoms with Gasteiger partial charge in [0.1, 0.15) is 0 Å². The molecule has 12 heteroatoms. The molecule has 1 radical (unpaired) electrons. The minimum absolute atomic E-state index is 0. The molecule has 0 aromatic carbocycles. The fourth-order valence-corrected chi connectivity index (χ4v) is 1.48. The topological polar surface area (TPSA) is 156 Å². The van der Waals surface area contributed by atoms with E-state index in [-0.39, 0.29) is 46.4 Å². The molecule has 0 saturated heterocycles. The van der Waals surface area contributed by atoms with Crippen LogP contribution in [0.2, 0.25) is 0 Å². The predicted molar refractivity (Wildman–Crippen MR) is 63.4 cm³/mol. The average molecular weight is 410 g/mol. The summed E-state index contributed by atoms with van der Waals surface area (Å²) in [6.07, 6.45) is 0. The van der Waals surface area contributed by atoms with Crippen LogP contribution in [0.5, 0.6) is 0 Å². The molecule has 0 saturated carbocycles. The van der Waals surface area contributed by atoms with Gasteiger partial charge in [-0.1, -0.05) is 0 Å². The van der Waals surface area contributed by atoms with E-state index in [1.165, 1.54) is 0 Å². The van der Waals surface area contributed by atoms with E-state index >= 15 is 0 Å². The van der Waals surface area contributed by atoms with Gasteiger partial charge in [-0.25, -0.2) is 0 Å². The fraction of sp³-hybridized carbons (Fsp3) is 0.600. The summed E-state index contributed by atoms with van der Waals surface area (Å²) in [6.45, 7) is -2.25. The smallest absolute Gasteiger partial charge is 0.317 e. The van der Waals surface area contributed by atoms with Crippen molar-refractivity contribution in [1.82, 2.24) is 9.80 Å². The maximum atomic E-state index is 10.6. The van der Waals surface area contributed by atoms with Gasteiger partial charge in [-0.3, -0.25) is 29.0 Å². The SMILES string of the molecule is O=C(O)CN(CCN(CC(=O)O)CC(=O)O)CC(=O)O.[Co].[Ni]. The minimum atomic E-state index is -1.23. The van der Waals surface area contributed by atoms with Gasteiger partial charge in [0.05, 0.1) is 26.2 Å². The number of aliphatic carboxylic acids is 4. The maximum Gasteiger partial charge on any atom is 0.317 e. The van der Waals surface area contributed by atoms with Crippen LogP contribution in [0.1, 0.15) is 0 Å². The van der Waals surface area contributed by atoms with E-state index in [1.54, 1.807) is 0 Å². The summed E-state index contributed by atoms with van der Waals surface area (Å²) in [5.41, 5.74) is 0. The molecule has 0 aromatic rings. The van der Waals surface area contributed by atoms with Crippen molar-refractivity contribution in [2.45, 2.75) is 0 Å². The van der Waals surface area contributed by atoms with Crippen molar-refractivity contribution in [2.24, 2.45) is 0 Å². The molecule has 0 aliphatic heterocycles. The molecule has 0 fully saturated rings. The summed E-state index contributed by atoms with van der Waals surface area (Å²) < 4.78 is 0. The van der Waals surface area contributed by atoms with Crippen molar-refractivity contribution in [2.75, 3.05) is 39.3 Å². The Bertz CT molecular complexity index is 327. The minimum Gasteiger partial charge on any atom is -0.480 e. The Morgan fingerprint density at radius 3 is 0.909 bits per heavy atom. The standard InChI is InChI=1S/C10H16N2O8.Co.Ni/c13-7(14)3-11(4-8(15)16)1-2-12(5-9(17)18)6-10(19)20;;/h1-6H2,(H,13,14)(H,15,16)(H,17,18)(H,19,20);;. The van der Waals surface area contributed by atoms with E-state index in [0.29, 0.717) is 0 Å². The van der Waals surface area contributed by atoms with Gasteiger partial charge in [0, 0.05) is 46.4 Å². The summed E-state index contributed by atoms with van der Waals surface area (Å²) in [4.78, 5) is 44.4. The summed E-state index contributed by atoms with van der Waals surface area (Å²) in [5, 5.41) is 34.5. The molecule has 0 rings (SSSR count). The number of nitrogens with zero attached hydrogens (tertiary/aromatic N) is 2. The third-order valence-corrected chi connectivity index (χ3v) is 2.17. The van der Waals surface area contributed by atoms with Crippen LogP contribution in [0.25, 0.3) is 0 Å². The number of hydrogen-bond acceptors (Lipinski definition) is 6. The Morgan fingerprint density at radius 2 is 0.773 bits per heavy atom. The molecule has 22 heavy (non-hydrogen) atoms. The van der Waals surface area contributed by atoms with Crippen molar-refractivity contribution < 1.29 is 72.9 Å². The van der Waals surface area contributed by atoms with Crippen molar-refractivity contribution in [3.05, 3.63) is 0 Å². The number of carboxylic acid groups (broad SMARTS) is 4. The van der Waals surface area contributed by atoms with Gasteiger partial charge in [0.2, 0.25) is 0 Å². The fourth-order valence-electron chi connectivity index (χ4n) is 1.48. The van der Waals surface area contributed by atoms with E-state index in [0.717, 1.165) is 9.80 Å². The summed E-state index contributed by atoms with van der Waals surface area (Å²) in [6, 6.07) is 0. The first kappa shape index (κ1) is 25.7. The largest absolute Gasteiger partial charge is 0.480 e. The van der Waals surface area contributed by atoms with E-state index in [4.69, 9.17) is 20.4 Å². The molecule has 0 unspecified atom stereocenters. The summed E-state index contributed by atoms with van der Waals surface area (Å²) in [7, 11) is 0. The van der Waals surface area contributed by atoms with Crippen molar-refractivity contribution in [3.8, 4) is 0 Å². The molecular weight excluding hydrogens is 394 g/mol. The molecular formula is C10H16CoN2NiO8. The molecule has 0 heterocycles. The molecule has 0 aliphatic carbocycles. The van der Waals surface area contributed by atoms with Crippen molar-refractivity contribution in [1.29, 1.82) is 0 Å². The molecule has 0 amide bonds. The van der Waals surface area contributed by atoms with Crippen LogP contribution in [-0.4, -0.2) is 93.4 Å². The van der Waals surface area contributed by atoms with Gasteiger partial charge in [-0.2, -0.15) is 0 Å². The zero-order valence-electron chi connectivity index (χ0n) is 11.2. The number of rotatable bonds is 11. The first-order valence-corrected chi connectivity index (χ1v) is 5.52. The first-order valence-electron chi connectivity index (χ1n) is 5.52. The van der Waals surface area contributed by atoms with Gasteiger partial charge in [0.25, 0.3) is 0 Å². The van der Waals surface area contributed by atoms with Crippen molar-refractivity contribution >= 4 is 23.9 Å². The number of hydrogen-bond donors (Lipinski definition) is 4. The third-order valence-electron chi connectivity index (χ3n) is 2.17. The second kappa shape index (κ2) is 13.5. The van der Waals surface area contributed by atoms with E-state index in [9.17, 15) is 19.2 Å². The van der Waals surface area contributed by atoms with Gasteiger partial charge in [-0.05, 0) is 0 Å². The summed E-state index contributed by atoms with van der Waals surface area (Å²) >= 11 is 0. The Balaban J connectivity index is -0.00000180.